The second-order valence-electron chi connectivity index (χ2n) is 10.5. The van der Waals surface area contributed by atoms with Crippen LogP contribution < -0.4 is 19.1 Å². The molecule has 0 fully saturated rings. The van der Waals surface area contributed by atoms with Crippen LogP contribution in [0.1, 0.15) is 24.5 Å². The second-order valence-corrected chi connectivity index (χ2v) is 12.8. The molecule has 1 atom stereocenters. The van der Waals surface area contributed by atoms with Crippen LogP contribution in [0.25, 0.3) is 0 Å². The summed E-state index contributed by atoms with van der Waals surface area (Å²) in [4.78, 5) is 29.6. The van der Waals surface area contributed by atoms with Crippen LogP contribution in [0.4, 0.5) is 5.69 Å². The van der Waals surface area contributed by atoms with E-state index in [2.05, 4.69) is 5.32 Å². The quantitative estimate of drug-likeness (QED) is 0.175. The summed E-state index contributed by atoms with van der Waals surface area (Å²) in [5.74, 6) is -0.324. The Morgan fingerprint density at radius 3 is 2.11 bits per heavy atom. The summed E-state index contributed by atoms with van der Waals surface area (Å²) in [6, 6.07) is 28.1. The van der Waals surface area contributed by atoms with Gasteiger partial charge >= 0.3 is 0 Å². The lowest BCUT2D eigenvalue weighted by Gasteiger charge is -2.34. The molecule has 242 valence electrons. The molecule has 9 nitrogen and oxygen atoms in total. The van der Waals surface area contributed by atoms with Crippen molar-refractivity contribution >= 4 is 39.1 Å². The van der Waals surface area contributed by atoms with Gasteiger partial charge < -0.3 is 19.7 Å². The summed E-state index contributed by atoms with van der Waals surface area (Å²) >= 11 is 6.30. The first-order valence-corrected chi connectivity index (χ1v) is 16.6. The number of nitrogens with zero attached hydrogens (tertiary/aromatic N) is 2. The summed E-state index contributed by atoms with van der Waals surface area (Å²) < 4.78 is 40.2. The van der Waals surface area contributed by atoms with Crippen LogP contribution in [0.5, 0.6) is 11.5 Å². The fraction of sp³-hybridized carbons (Fsp3) is 0.257. The van der Waals surface area contributed by atoms with Gasteiger partial charge in [-0.05, 0) is 53.9 Å². The first kappa shape index (κ1) is 34.3. The van der Waals surface area contributed by atoms with E-state index < -0.39 is 28.5 Å². The SMILES string of the molecule is CCCNC(=O)[C@H](Cc1ccccc1)N(Cc1cccc(Cl)c1)C(=O)CN(c1ccccc1)S(=O)(=O)c1ccc(OC)c(OC)c1. The highest BCUT2D eigenvalue weighted by Gasteiger charge is 2.35. The van der Waals surface area contributed by atoms with Crippen LogP contribution in [-0.4, -0.2) is 58.5 Å². The van der Waals surface area contributed by atoms with Gasteiger partial charge in [-0.3, -0.25) is 13.9 Å². The Bertz CT molecular complexity index is 1720. The van der Waals surface area contributed by atoms with Gasteiger partial charge in [-0.15, -0.1) is 0 Å². The first-order valence-electron chi connectivity index (χ1n) is 14.8. The molecular weight excluding hydrogens is 626 g/mol. The molecule has 4 aromatic rings. The first-order chi connectivity index (χ1) is 22.2. The van der Waals surface area contributed by atoms with Gasteiger partial charge in [-0.25, -0.2) is 8.42 Å². The second kappa shape index (κ2) is 16.1. The third kappa shape index (κ3) is 8.58. The molecule has 0 heterocycles. The number of hydrogen-bond donors (Lipinski definition) is 1. The average molecular weight is 664 g/mol. The van der Waals surface area contributed by atoms with Gasteiger partial charge in [0.1, 0.15) is 12.6 Å². The Kier molecular flexibility index (Phi) is 12.1. The number of sulfonamides is 1. The largest absolute Gasteiger partial charge is 0.493 e. The average Bonchev–Trinajstić information content (AvgIpc) is 3.07. The van der Waals surface area contributed by atoms with Gasteiger partial charge in [0.25, 0.3) is 10.0 Å². The molecule has 2 amide bonds. The molecule has 46 heavy (non-hydrogen) atoms. The third-order valence-electron chi connectivity index (χ3n) is 7.33. The zero-order valence-electron chi connectivity index (χ0n) is 26.1. The predicted molar refractivity (Wildman–Crippen MR) is 180 cm³/mol. The number of hydrogen-bond acceptors (Lipinski definition) is 6. The molecule has 4 rings (SSSR count). The van der Waals surface area contributed by atoms with Crippen LogP contribution in [0, 0.1) is 0 Å². The monoisotopic (exact) mass is 663 g/mol. The van der Waals surface area contributed by atoms with Gasteiger partial charge in [-0.2, -0.15) is 0 Å². The molecule has 0 saturated carbocycles. The summed E-state index contributed by atoms with van der Waals surface area (Å²) in [6.07, 6.45) is 0.924. The Morgan fingerprint density at radius 1 is 0.826 bits per heavy atom. The topological polar surface area (TPSA) is 105 Å². The molecule has 0 bridgehead atoms. The molecule has 4 aromatic carbocycles. The number of ether oxygens (including phenoxy) is 2. The number of anilines is 1. The van der Waals surface area contributed by atoms with E-state index >= 15 is 0 Å². The lowest BCUT2D eigenvalue weighted by atomic mass is 10.0. The predicted octanol–water partition coefficient (Wildman–Crippen LogP) is 5.72. The number of halogens is 1. The fourth-order valence-corrected chi connectivity index (χ4v) is 6.62. The molecule has 0 aromatic heterocycles. The van der Waals surface area contributed by atoms with Crippen molar-refractivity contribution in [2.24, 2.45) is 0 Å². The van der Waals surface area contributed by atoms with E-state index in [9.17, 15) is 18.0 Å². The van der Waals surface area contributed by atoms with Gasteiger partial charge in [0, 0.05) is 30.6 Å². The molecular formula is C35H38ClN3O6S. The van der Waals surface area contributed by atoms with Crippen molar-refractivity contribution in [3.63, 3.8) is 0 Å². The zero-order chi connectivity index (χ0) is 33.1. The number of para-hydroxylation sites is 1. The van der Waals surface area contributed by atoms with Crippen molar-refractivity contribution in [1.29, 1.82) is 0 Å². The highest BCUT2D eigenvalue weighted by atomic mass is 35.5. The number of carbonyl (C=O) groups is 2. The maximum atomic E-state index is 14.5. The number of amides is 2. The summed E-state index contributed by atoms with van der Waals surface area (Å²) in [5, 5.41) is 3.41. The fourth-order valence-electron chi connectivity index (χ4n) is 4.98. The van der Waals surface area contributed by atoms with E-state index in [4.69, 9.17) is 21.1 Å². The molecule has 0 aliphatic rings. The Labute approximate surface area is 275 Å². The molecule has 0 saturated heterocycles. The maximum absolute atomic E-state index is 14.5. The van der Waals surface area contributed by atoms with Gasteiger partial charge in [0.05, 0.1) is 24.8 Å². The van der Waals surface area contributed by atoms with Crippen LogP contribution in [0.3, 0.4) is 0 Å². The van der Waals surface area contributed by atoms with E-state index in [1.807, 2.05) is 43.3 Å². The minimum Gasteiger partial charge on any atom is -0.493 e. The normalized spacial score (nSPS) is 11.7. The number of methoxy groups -OCH3 is 2. The van der Waals surface area contributed by atoms with Crippen LogP contribution in [-0.2, 0) is 32.6 Å². The Hall–Kier alpha value is -4.54. The number of rotatable bonds is 15. The van der Waals surface area contributed by atoms with Crippen molar-refractivity contribution in [2.75, 3.05) is 31.6 Å². The molecule has 0 radical (unpaired) electrons. The number of carbonyl (C=O) groups excluding carboxylic acids is 2. The Balaban J connectivity index is 1.80. The molecule has 0 unspecified atom stereocenters. The Morgan fingerprint density at radius 2 is 1.48 bits per heavy atom. The summed E-state index contributed by atoms with van der Waals surface area (Å²) in [6.45, 7) is 1.81. The van der Waals surface area contributed by atoms with Crippen molar-refractivity contribution in [3.8, 4) is 11.5 Å². The van der Waals surface area contributed by atoms with Crippen molar-refractivity contribution in [2.45, 2.75) is 37.2 Å². The van der Waals surface area contributed by atoms with Crippen molar-refractivity contribution in [3.05, 3.63) is 119 Å². The van der Waals surface area contributed by atoms with Gasteiger partial charge in [-0.1, -0.05) is 79.2 Å². The molecule has 0 aliphatic carbocycles. The number of nitrogens with one attached hydrogen (secondary N) is 1. The van der Waals surface area contributed by atoms with Crippen LogP contribution >= 0.6 is 11.6 Å². The summed E-state index contributed by atoms with van der Waals surface area (Å²) in [5.41, 5.74) is 1.82. The van der Waals surface area contributed by atoms with Gasteiger partial charge in [0.15, 0.2) is 11.5 Å². The molecule has 1 N–H and O–H groups in total. The van der Waals surface area contributed by atoms with Crippen LogP contribution in [0.2, 0.25) is 5.02 Å². The smallest absolute Gasteiger partial charge is 0.264 e. The van der Waals surface area contributed by atoms with Crippen molar-refractivity contribution in [1.82, 2.24) is 10.2 Å². The van der Waals surface area contributed by atoms with E-state index in [0.29, 0.717) is 29.3 Å². The lowest BCUT2D eigenvalue weighted by molar-refractivity contribution is -0.140. The molecule has 0 aliphatic heterocycles. The highest BCUT2D eigenvalue weighted by molar-refractivity contribution is 7.92. The van der Waals surface area contributed by atoms with E-state index in [-0.39, 0.29) is 35.2 Å². The van der Waals surface area contributed by atoms with Crippen LogP contribution in [0.15, 0.2) is 108 Å². The third-order valence-corrected chi connectivity index (χ3v) is 9.33. The highest BCUT2D eigenvalue weighted by Crippen LogP contribution is 2.32. The molecule has 0 spiro atoms. The van der Waals surface area contributed by atoms with E-state index in [1.54, 1.807) is 48.5 Å². The lowest BCUT2D eigenvalue weighted by Crippen LogP contribution is -2.53. The maximum Gasteiger partial charge on any atom is 0.264 e. The minimum absolute atomic E-state index is 0.0233. The van der Waals surface area contributed by atoms with Crippen molar-refractivity contribution < 1.29 is 27.5 Å². The van der Waals surface area contributed by atoms with E-state index in [0.717, 1.165) is 9.87 Å². The molecule has 11 heteroatoms. The minimum atomic E-state index is -4.31. The van der Waals surface area contributed by atoms with Gasteiger partial charge in [0.2, 0.25) is 11.8 Å². The number of benzene rings is 4. The summed E-state index contributed by atoms with van der Waals surface area (Å²) in [7, 11) is -1.44. The zero-order valence-corrected chi connectivity index (χ0v) is 27.6. The standard InChI is InChI=1S/C35H38ClN3O6S/c1-4-20-37-35(41)31(22-26-12-7-5-8-13-26)38(24-27-14-11-15-28(36)21-27)34(40)25-39(29-16-9-6-10-17-29)46(42,43)30-18-19-32(44-2)33(23-30)45-3/h5-19,21,23,31H,4,20,22,24-25H2,1-3H3,(H,37,41)/t31-/m0/s1. The van der Waals surface area contributed by atoms with E-state index in [1.165, 1.54) is 37.3 Å².